The maximum Gasteiger partial charge on any atom is 0.101 e. The first-order chi connectivity index (χ1) is 12.2. The Labute approximate surface area is 152 Å². The first-order valence-corrected chi connectivity index (χ1v) is 8.36. The van der Waals surface area contributed by atoms with Gasteiger partial charge in [0.15, 0.2) is 0 Å². The van der Waals surface area contributed by atoms with E-state index in [2.05, 4.69) is 23.7 Å². The fourth-order valence-corrected chi connectivity index (χ4v) is 3.17. The topological polar surface area (TPSA) is 48.6 Å². The van der Waals surface area contributed by atoms with Crippen molar-refractivity contribution in [1.82, 2.24) is 0 Å². The molecule has 0 fully saturated rings. The predicted molar refractivity (Wildman–Crippen MR) is 101 cm³/mol. The maximum absolute atomic E-state index is 9.58. The quantitative estimate of drug-likeness (QED) is 0.754. The molecule has 3 rings (SSSR count). The minimum Gasteiger partial charge on any atom is -0.288 e. The zero-order valence-corrected chi connectivity index (χ0v) is 14.8. The van der Waals surface area contributed by atoms with Gasteiger partial charge in [0.05, 0.1) is 17.0 Å². The summed E-state index contributed by atoms with van der Waals surface area (Å²) in [4.78, 5) is 10.2. The number of nitriles is 1. The summed E-state index contributed by atoms with van der Waals surface area (Å²) in [7, 11) is 1.72. The van der Waals surface area contributed by atoms with Crippen LogP contribution in [0.5, 0.6) is 0 Å². The molecule has 126 valence electrons. The second-order valence-corrected chi connectivity index (χ2v) is 6.08. The summed E-state index contributed by atoms with van der Waals surface area (Å²) in [6, 6.07) is 13.7. The smallest absolute Gasteiger partial charge is 0.101 e. The fourth-order valence-electron chi connectivity index (χ4n) is 2.98. The summed E-state index contributed by atoms with van der Waals surface area (Å²) in [5.74, 6) is 0. The molecule has 0 radical (unpaired) electrons. The number of hydrogen-bond acceptors (Lipinski definition) is 4. The second kappa shape index (κ2) is 7.52. The minimum absolute atomic E-state index is 0.361. The van der Waals surface area contributed by atoms with Crippen molar-refractivity contribution in [3.63, 3.8) is 0 Å². The Balaban J connectivity index is 1.88. The summed E-state index contributed by atoms with van der Waals surface area (Å²) in [5.41, 5.74) is 5.08. The average molecular weight is 352 g/mol. The highest BCUT2D eigenvalue weighted by molar-refractivity contribution is 6.31. The largest absolute Gasteiger partial charge is 0.288 e. The molecule has 0 aliphatic carbocycles. The number of allylic oxidation sites excluding steroid dienone is 1. The molecular formula is C20H18ClN3O. The van der Waals surface area contributed by atoms with E-state index < -0.39 is 0 Å². The molecule has 5 heteroatoms. The van der Waals surface area contributed by atoms with Crippen LogP contribution in [0.1, 0.15) is 22.3 Å². The molecule has 2 aromatic rings. The molecule has 0 saturated heterocycles. The number of fused-ring (bicyclic) bond motifs is 1. The molecule has 25 heavy (non-hydrogen) atoms. The second-order valence-electron chi connectivity index (χ2n) is 5.67. The SMILES string of the molecule is C=CC(=NC)c1cc(C#N)c2c(c1)CCN2OCc1ccccc1Cl. The molecule has 1 aliphatic heterocycles. The third-order valence-electron chi connectivity index (χ3n) is 4.21. The minimum atomic E-state index is 0.361. The van der Waals surface area contributed by atoms with Gasteiger partial charge < -0.3 is 0 Å². The molecule has 2 aromatic carbocycles. The van der Waals surface area contributed by atoms with Crippen molar-refractivity contribution in [2.75, 3.05) is 18.7 Å². The summed E-state index contributed by atoms with van der Waals surface area (Å²) in [5, 5.41) is 12.0. The van der Waals surface area contributed by atoms with Crippen LogP contribution in [-0.4, -0.2) is 19.3 Å². The van der Waals surface area contributed by atoms with Crippen LogP contribution < -0.4 is 5.06 Å². The number of hydrogen-bond donors (Lipinski definition) is 0. The fraction of sp³-hybridized carbons (Fsp3) is 0.200. The van der Waals surface area contributed by atoms with Crippen LogP contribution in [0.3, 0.4) is 0 Å². The Hall–Kier alpha value is -2.61. The van der Waals surface area contributed by atoms with Crippen LogP contribution in [-0.2, 0) is 17.9 Å². The van der Waals surface area contributed by atoms with Crippen LogP contribution in [0.2, 0.25) is 5.02 Å². The number of rotatable bonds is 5. The highest BCUT2D eigenvalue weighted by Gasteiger charge is 2.25. The van der Waals surface area contributed by atoms with E-state index in [-0.39, 0.29) is 0 Å². The van der Waals surface area contributed by atoms with Gasteiger partial charge in [0.2, 0.25) is 0 Å². The molecule has 1 heterocycles. The van der Waals surface area contributed by atoms with E-state index in [0.29, 0.717) is 23.7 Å². The Morgan fingerprint density at radius 3 is 2.92 bits per heavy atom. The van der Waals surface area contributed by atoms with Crippen molar-refractivity contribution < 1.29 is 4.84 Å². The molecule has 0 unspecified atom stereocenters. The van der Waals surface area contributed by atoms with E-state index in [1.807, 2.05) is 30.3 Å². The lowest BCUT2D eigenvalue weighted by Crippen LogP contribution is -2.21. The normalized spacial score (nSPS) is 13.5. The van der Waals surface area contributed by atoms with Crippen LogP contribution in [0, 0.1) is 11.3 Å². The van der Waals surface area contributed by atoms with Crippen molar-refractivity contribution in [1.29, 1.82) is 5.26 Å². The van der Waals surface area contributed by atoms with E-state index in [1.165, 1.54) is 0 Å². The molecule has 0 aromatic heterocycles. The lowest BCUT2D eigenvalue weighted by Gasteiger charge is -2.20. The monoisotopic (exact) mass is 351 g/mol. The van der Waals surface area contributed by atoms with Crippen LogP contribution in [0.4, 0.5) is 5.69 Å². The van der Waals surface area contributed by atoms with Gasteiger partial charge in [-0.05, 0) is 41.8 Å². The van der Waals surface area contributed by atoms with Gasteiger partial charge in [0.1, 0.15) is 12.7 Å². The Bertz CT molecular complexity index is 883. The number of aliphatic imine (C=N–C) groups is 1. The van der Waals surface area contributed by atoms with Gasteiger partial charge in [-0.2, -0.15) is 5.26 Å². The average Bonchev–Trinajstić information content (AvgIpc) is 3.04. The first-order valence-electron chi connectivity index (χ1n) is 7.98. The summed E-state index contributed by atoms with van der Waals surface area (Å²) in [6.45, 7) is 4.84. The van der Waals surface area contributed by atoms with Gasteiger partial charge in [-0.1, -0.05) is 36.4 Å². The van der Waals surface area contributed by atoms with Crippen LogP contribution >= 0.6 is 11.6 Å². The molecule has 1 aliphatic rings. The first kappa shape index (κ1) is 17.2. The van der Waals surface area contributed by atoms with E-state index in [0.717, 1.165) is 34.5 Å². The highest BCUT2D eigenvalue weighted by Crippen LogP contribution is 2.34. The molecule has 4 nitrogen and oxygen atoms in total. The molecular weight excluding hydrogens is 334 g/mol. The Kier molecular flexibility index (Phi) is 5.18. The third-order valence-corrected chi connectivity index (χ3v) is 4.58. The van der Waals surface area contributed by atoms with E-state index >= 15 is 0 Å². The molecule has 0 saturated carbocycles. The van der Waals surface area contributed by atoms with Crippen molar-refractivity contribution in [3.8, 4) is 6.07 Å². The zero-order valence-electron chi connectivity index (χ0n) is 14.0. The molecule has 0 N–H and O–H groups in total. The number of hydroxylamine groups is 1. The molecule has 0 spiro atoms. The van der Waals surface area contributed by atoms with E-state index in [1.54, 1.807) is 18.2 Å². The highest BCUT2D eigenvalue weighted by atomic mass is 35.5. The van der Waals surface area contributed by atoms with Gasteiger partial charge in [-0.3, -0.25) is 14.9 Å². The summed E-state index contributed by atoms with van der Waals surface area (Å²) >= 11 is 6.18. The van der Waals surface area contributed by atoms with Crippen molar-refractivity contribution in [2.45, 2.75) is 13.0 Å². The van der Waals surface area contributed by atoms with Crippen molar-refractivity contribution >= 4 is 23.0 Å². The molecule has 0 bridgehead atoms. The van der Waals surface area contributed by atoms with Gasteiger partial charge in [0.25, 0.3) is 0 Å². The maximum atomic E-state index is 9.58. The lowest BCUT2D eigenvalue weighted by molar-refractivity contribution is 0.0997. The Morgan fingerprint density at radius 2 is 2.24 bits per heavy atom. The van der Waals surface area contributed by atoms with Crippen LogP contribution in [0.15, 0.2) is 54.0 Å². The van der Waals surface area contributed by atoms with Gasteiger partial charge in [-0.15, -0.1) is 0 Å². The zero-order chi connectivity index (χ0) is 17.8. The Morgan fingerprint density at radius 1 is 1.44 bits per heavy atom. The van der Waals surface area contributed by atoms with Crippen LogP contribution in [0.25, 0.3) is 0 Å². The lowest BCUT2D eigenvalue weighted by atomic mass is 10.0. The number of halogens is 1. The van der Waals surface area contributed by atoms with Gasteiger partial charge >= 0.3 is 0 Å². The molecule has 0 atom stereocenters. The number of anilines is 1. The molecule has 0 amide bonds. The van der Waals surface area contributed by atoms with Gasteiger partial charge in [0, 0.05) is 24.2 Å². The summed E-state index contributed by atoms with van der Waals surface area (Å²) in [6.07, 6.45) is 2.51. The number of nitrogens with zero attached hydrogens (tertiary/aromatic N) is 3. The number of benzene rings is 2. The van der Waals surface area contributed by atoms with Crippen molar-refractivity contribution in [3.05, 3.63) is 76.3 Å². The van der Waals surface area contributed by atoms with Crippen molar-refractivity contribution in [2.24, 2.45) is 4.99 Å². The standard InChI is InChI=1S/C20H18ClN3O/c1-3-19(23-2)16-10-14-8-9-24(20(14)17(11-16)12-22)25-13-15-6-4-5-7-18(15)21/h3-7,10-11H,1,8-9,13H2,2H3. The predicted octanol–water partition coefficient (Wildman–Crippen LogP) is 4.31. The summed E-state index contributed by atoms with van der Waals surface area (Å²) < 4.78 is 0. The van der Waals surface area contributed by atoms with E-state index in [4.69, 9.17) is 16.4 Å². The third kappa shape index (κ3) is 3.43. The van der Waals surface area contributed by atoms with E-state index in [9.17, 15) is 5.26 Å². The van der Waals surface area contributed by atoms with Gasteiger partial charge in [-0.25, -0.2) is 0 Å².